The summed E-state index contributed by atoms with van der Waals surface area (Å²) in [7, 11) is 0. The number of hydrogen-bond donors (Lipinski definition) is 1. The van der Waals surface area contributed by atoms with E-state index in [9.17, 15) is 0 Å². The van der Waals surface area contributed by atoms with Gasteiger partial charge in [-0.3, -0.25) is 4.99 Å². The lowest BCUT2D eigenvalue weighted by Gasteiger charge is -2.31. The second kappa shape index (κ2) is 9.58. The summed E-state index contributed by atoms with van der Waals surface area (Å²) in [5.41, 5.74) is 6.14. The van der Waals surface area contributed by atoms with Gasteiger partial charge >= 0.3 is 0 Å². The Labute approximate surface area is 162 Å². The van der Waals surface area contributed by atoms with E-state index < -0.39 is 0 Å². The minimum atomic E-state index is 0. The molecule has 2 N–H and O–H groups in total. The number of piperidine rings is 1. The second-order valence-electron chi connectivity index (χ2n) is 7.03. The average molecular weight is 446 g/mol. The zero-order valence-electron chi connectivity index (χ0n) is 14.8. The van der Waals surface area contributed by atoms with E-state index in [2.05, 4.69) is 31.6 Å². The van der Waals surface area contributed by atoms with Crippen molar-refractivity contribution < 1.29 is 0 Å². The summed E-state index contributed by atoms with van der Waals surface area (Å²) in [6.45, 7) is 6.24. The molecule has 3 rings (SSSR count). The predicted octanol–water partition coefficient (Wildman–Crippen LogP) is 2.60. The molecule has 0 spiro atoms. The van der Waals surface area contributed by atoms with Crippen LogP contribution < -0.4 is 5.73 Å². The summed E-state index contributed by atoms with van der Waals surface area (Å²) < 4.78 is 2.33. The van der Waals surface area contributed by atoms with Gasteiger partial charge in [-0.1, -0.05) is 13.3 Å². The quantitative estimate of drug-likeness (QED) is 0.334. The molecular formula is C17H31IN6. The molecular weight excluding hydrogens is 415 g/mol. The maximum Gasteiger partial charge on any atom is 0.191 e. The van der Waals surface area contributed by atoms with Gasteiger partial charge in [0.05, 0.1) is 0 Å². The third-order valence-corrected chi connectivity index (χ3v) is 5.00. The Bertz CT molecular complexity index is 541. The lowest BCUT2D eigenvalue weighted by atomic mass is 10.0. The third kappa shape index (κ3) is 5.07. The minimum absolute atomic E-state index is 0. The van der Waals surface area contributed by atoms with E-state index in [4.69, 9.17) is 5.73 Å². The van der Waals surface area contributed by atoms with Gasteiger partial charge in [-0.25, -0.2) is 0 Å². The molecule has 2 aliphatic rings. The van der Waals surface area contributed by atoms with Crippen molar-refractivity contribution in [2.45, 2.75) is 64.8 Å². The van der Waals surface area contributed by atoms with Crippen LogP contribution in [0.5, 0.6) is 0 Å². The lowest BCUT2D eigenvalue weighted by molar-refractivity contribution is 0.270. The van der Waals surface area contributed by atoms with Gasteiger partial charge in [-0.05, 0) is 38.0 Å². The van der Waals surface area contributed by atoms with Crippen molar-refractivity contribution >= 4 is 29.9 Å². The molecule has 0 aliphatic carbocycles. The van der Waals surface area contributed by atoms with Gasteiger partial charge in [0.25, 0.3) is 0 Å². The molecule has 1 saturated heterocycles. The van der Waals surface area contributed by atoms with Crippen molar-refractivity contribution in [1.82, 2.24) is 19.7 Å². The fourth-order valence-electron chi connectivity index (χ4n) is 3.66. The van der Waals surface area contributed by atoms with E-state index in [0.29, 0.717) is 0 Å². The molecule has 0 amide bonds. The molecule has 7 heteroatoms. The standard InChI is InChI=1S/C17H30N6.HI/c1-14-7-6-11-22(13-14)17(18)19-10-5-9-16-21-20-15-8-3-2-4-12-23(15)16;/h14H,2-13H2,1H3,(H2,18,19);1H. The van der Waals surface area contributed by atoms with Crippen LogP contribution in [-0.2, 0) is 19.4 Å². The first-order chi connectivity index (χ1) is 11.2. The molecule has 1 aromatic rings. The molecule has 0 saturated carbocycles. The van der Waals surface area contributed by atoms with E-state index in [1.165, 1.54) is 37.9 Å². The smallest absolute Gasteiger partial charge is 0.191 e. The number of aromatic nitrogens is 3. The molecule has 1 aromatic heterocycles. The van der Waals surface area contributed by atoms with Gasteiger partial charge in [0.1, 0.15) is 11.6 Å². The van der Waals surface area contributed by atoms with Crippen molar-refractivity contribution in [3.05, 3.63) is 11.6 Å². The monoisotopic (exact) mass is 446 g/mol. The molecule has 1 fully saturated rings. The van der Waals surface area contributed by atoms with Gasteiger partial charge in [0.15, 0.2) is 5.96 Å². The number of nitrogens with two attached hydrogens (primary N) is 1. The van der Waals surface area contributed by atoms with Crippen LogP contribution in [0, 0.1) is 5.92 Å². The summed E-state index contributed by atoms with van der Waals surface area (Å²) in [5.74, 6) is 3.74. The molecule has 3 heterocycles. The first-order valence-electron chi connectivity index (χ1n) is 9.20. The molecule has 0 bridgehead atoms. The van der Waals surface area contributed by atoms with E-state index in [1.54, 1.807) is 0 Å². The van der Waals surface area contributed by atoms with Crippen molar-refractivity contribution in [2.24, 2.45) is 16.6 Å². The highest BCUT2D eigenvalue weighted by Crippen LogP contribution is 2.16. The fourth-order valence-corrected chi connectivity index (χ4v) is 3.66. The van der Waals surface area contributed by atoms with Crippen LogP contribution >= 0.6 is 24.0 Å². The maximum absolute atomic E-state index is 6.14. The van der Waals surface area contributed by atoms with Crippen LogP contribution in [0.2, 0.25) is 0 Å². The van der Waals surface area contributed by atoms with Crippen LogP contribution in [0.4, 0.5) is 0 Å². The number of fused-ring (bicyclic) bond motifs is 1. The predicted molar refractivity (Wildman–Crippen MR) is 108 cm³/mol. The number of guanidine groups is 1. The first-order valence-corrected chi connectivity index (χ1v) is 9.20. The summed E-state index contributed by atoms with van der Waals surface area (Å²) in [4.78, 5) is 6.81. The Morgan fingerprint density at radius 2 is 2.08 bits per heavy atom. The Balaban J connectivity index is 0.00000208. The number of aliphatic imine (C=N–C) groups is 1. The maximum atomic E-state index is 6.14. The largest absolute Gasteiger partial charge is 0.370 e. The minimum Gasteiger partial charge on any atom is -0.370 e. The summed E-state index contributed by atoms with van der Waals surface area (Å²) >= 11 is 0. The van der Waals surface area contributed by atoms with Crippen molar-refractivity contribution in [1.29, 1.82) is 0 Å². The van der Waals surface area contributed by atoms with Gasteiger partial charge in [0.2, 0.25) is 0 Å². The fraction of sp³-hybridized carbons (Fsp3) is 0.824. The Morgan fingerprint density at radius 1 is 1.21 bits per heavy atom. The Kier molecular flexibility index (Phi) is 7.77. The summed E-state index contributed by atoms with van der Waals surface area (Å²) in [5, 5.41) is 8.74. The second-order valence-corrected chi connectivity index (χ2v) is 7.03. The molecule has 6 nitrogen and oxygen atoms in total. The number of aryl methyl sites for hydroxylation is 2. The van der Waals surface area contributed by atoms with Crippen molar-refractivity contribution in [3.8, 4) is 0 Å². The zero-order chi connectivity index (χ0) is 16.1. The molecule has 24 heavy (non-hydrogen) atoms. The Morgan fingerprint density at radius 3 is 2.92 bits per heavy atom. The van der Waals surface area contributed by atoms with Crippen LogP contribution in [0.1, 0.15) is 57.1 Å². The van der Waals surface area contributed by atoms with Crippen LogP contribution in [0.25, 0.3) is 0 Å². The van der Waals surface area contributed by atoms with Gasteiger partial charge < -0.3 is 15.2 Å². The number of likely N-dealkylation sites (tertiary alicyclic amines) is 1. The molecule has 0 radical (unpaired) electrons. The SMILES string of the molecule is CC1CCCN(C(N)=NCCCc2nnc3n2CCCCC3)C1.I. The summed E-state index contributed by atoms with van der Waals surface area (Å²) in [6, 6.07) is 0. The van der Waals surface area contributed by atoms with E-state index >= 15 is 0 Å². The molecule has 136 valence electrons. The molecule has 0 aromatic carbocycles. The number of halogens is 1. The highest BCUT2D eigenvalue weighted by atomic mass is 127. The highest BCUT2D eigenvalue weighted by Gasteiger charge is 2.17. The van der Waals surface area contributed by atoms with Gasteiger partial charge in [-0.2, -0.15) is 0 Å². The first kappa shape index (κ1) is 19.5. The third-order valence-electron chi connectivity index (χ3n) is 5.00. The normalized spacial score (nSPS) is 21.8. The number of nitrogens with zero attached hydrogens (tertiary/aromatic N) is 5. The Hall–Kier alpha value is -0.860. The van der Waals surface area contributed by atoms with E-state index in [-0.39, 0.29) is 24.0 Å². The molecule has 1 atom stereocenters. The van der Waals surface area contributed by atoms with E-state index in [0.717, 1.165) is 63.1 Å². The van der Waals surface area contributed by atoms with Crippen molar-refractivity contribution in [2.75, 3.05) is 19.6 Å². The highest BCUT2D eigenvalue weighted by molar-refractivity contribution is 14.0. The van der Waals surface area contributed by atoms with Gasteiger partial charge in [-0.15, -0.1) is 34.2 Å². The van der Waals surface area contributed by atoms with Crippen LogP contribution in [-0.4, -0.2) is 45.3 Å². The lowest BCUT2D eigenvalue weighted by Crippen LogP contribution is -2.43. The average Bonchev–Trinajstić information content (AvgIpc) is 2.78. The van der Waals surface area contributed by atoms with Crippen LogP contribution in [0.3, 0.4) is 0 Å². The van der Waals surface area contributed by atoms with Crippen molar-refractivity contribution in [3.63, 3.8) is 0 Å². The number of rotatable bonds is 4. The number of hydrogen-bond acceptors (Lipinski definition) is 3. The summed E-state index contributed by atoms with van der Waals surface area (Å²) in [6.07, 6.45) is 9.33. The van der Waals surface area contributed by atoms with E-state index in [1.807, 2.05) is 0 Å². The van der Waals surface area contributed by atoms with Gasteiger partial charge in [0, 0.05) is 39.0 Å². The zero-order valence-corrected chi connectivity index (χ0v) is 17.1. The van der Waals surface area contributed by atoms with Crippen LogP contribution in [0.15, 0.2) is 4.99 Å². The topological polar surface area (TPSA) is 72.3 Å². The molecule has 1 unspecified atom stereocenters. The molecule has 2 aliphatic heterocycles.